The van der Waals surface area contributed by atoms with Crippen molar-refractivity contribution in [2.75, 3.05) is 6.54 Å². The molecule has 0 saturated carbocycles. The van der Waals surface area contributed by atoms with Gasteiger partial charge in [0.2, 0.25) is 0 Å². The van der Waals surface area contributed by atoms with Crippen molar-refractivity contribution in [3.63, 3.8) is 0 Å². The standard InChI is InChI=1S/C14H15Cl2NS/c1-2-17-12(13-7-8-14(16)18-13)9-10-5-3-4-6-11(10)15/h3-8,12,17H,2,9H2,1H3. The Hall–Kier alpha value is -0.540. The molecule has 0 saturated heterocycles. The molecule has 0 amide bonds. The van der Waals surface area contributed by atoms with E-state index in [0.29, 0.717) is 0 Å². The van der Waals surface area contributed by atoms with E-state index in [2.05, 4.69) is 24.4 Å². The lowest BCUT2D eigenvalue weighted by Gasteiger charge is -2.17. The average Bonchev–Trinajstić information content (AvgIpc) is 2.78. The Labute approximate surface area is 122 Å². The second kappa shape index (κ2) is 6.58. The second-order valence-corrected chi connectivity index (χ2v) is 6.20. The van der Waals surface area contributed by atoms with Gasteiger partial charge in [0.15, 0.2) is 0 Å². The van der Waals surface area contributed by atoms with Gasteiger partial charge in [-0.25, -0.2) is 0 Å². The summed E-state index contributed by atoms with van der Waals surface area (Å²) >= 11 is 13.8. The number of likely N-dealkylation sites (N-methyl/N-ethyl adjacent to an activating group) is 1. The van der Waals surface area contributed by atoms with Crippen molar-refractivity contribution in [1.29, 1.82) is 0 Å². The van der Waals surface area contributed by atoms with Gasteiger partial charge in [-0.2, -0.15) is 0 Å². The van der Waals surface area contributed by atoms with Crippen LogP contribution < -0.4 is 5.32 Å². The Morgan fingerprint density at radius 3 is 2.56 bits per heavy atom. The van der Waals surface area contributed by atoms with E-state index < -0.39 is 0 Å². The van der Waals surface area contributed by atoms with Gasteiger partial charge in [-0.05, 0) is 36.7 Å². The summed E-state index contributed by atoms with van der Waals surface area (Å²) in [6.07, 6.45) is 0.879. The minimum Gasteiger partial charge on any atom is -0.309 e. The van der Waals surface area contributed by atoms with Gasteiger partial charge in [0, 0.05) is 15.9 Å². The smallest absolute Gasteiger partial charge is 0.0931 e. The lowest BCUT2D eigenvalue weighted by atomic mass is 10.0. The summed E-state index contributed by atoms with van der Waals surface area (Å²) in [7, 11) is 0. The van der Waals surface area contributed by atoms with E-state index in [9.17, 15) is 0 Å². The van der Waals surface area contributed by atoms with Gasteiger partial charge in [-0.3, -0.25) is 0 Å². The number of rotatable bonds is 5. The third-order valence-electron chi connectivity index (χ3n) is 2.77. The van der Waals surface area contributed by atoms with Crippen LogP contribution in [0.25, 0.3) is 0 Å². The molecule has 0 spiro atoms. The van der Waals surface area contributed by atoms with Crippen LogP contribution in [-0.4, -0.2) is 6.54 Å². The molecule has 1 aromatic carbocycles. The van der Waals surface area contributed by atoms with Gasteiger partial charge in [-0.1, -0.05) is 48.3 Å². The molecule has 0 bridgehead atoms. The molecule has 0 aliphatic carbocycles. The lowest BCUT2D eigenvalue weighted by molar-refractivity contribution is 0.558. The quantitative estimate of drug-likeness (QED) is 0.824. The van der Waals surface area contributed by atoms with Crippen LogP contribution in [0.4, 0.5) is 0 Å². The van der Waals surface area contributed by atoms with Crippen LogP contribution in [0.1, 0.15) is 23.4 Å². The molecule has 1 atom stereocenters. The first kappa shape index (κ1) is 13.9. The first-order valence-electron chi connectivity index (χ1n) is 5.92. The molecule has 1 aromatic heterocycles. The summed E-state index contributed by atoms with van der Waals surface area (Å²) < 4.78 is 0.826. The van der Waals surface area contributed by atoms with Crippen LogP contribution in [0.2, 0.25) is 9.36 Å². The zero-order chi connectivity index (χ0) is 13.0. The maximum absolute atomic E-state index is 6.21. The molecule has 2 rings (SSSR count). The van der Waals surface area contributed by atoms with Gasteiger partial charge < -0.3 is 5.32 Å². The molecule has 2 aromatic rings. The third-order valence-corrected chi connectivity index (χ3v) is 4.48. The Kier molecular flexibility index (Phi) is 5.07. The largest absolute Gasteiger partial charge is 0.309 e. The molecule has 4 heteroatoms. The predicted molar refractivity (Wildman–Crippen MR) is 80.9 cm³/mol. The van der Waals surface area contributed by atoms with E-state index in [1.54, 1.807) is 11.3 Å². The van der Waals surface area contributed by atoms with Gasteiger partial charge in [0.1, 0.15) is 0 Å². The molecular formula is C14H15Cl2NS. The molecule has 96 valence electrons. The molecule has 1 N–H and O–H groups in total. The van der Waals surface area contributed by atoms with E-state index in [4.69, 9.17) is 23.2 Å². The van der Waals surface area contributed by atoms with Gasteiger partial charge in [0.05, 0.1) is 4.34 Å². The zero-order valence-electron chi connectivity index (χ0n) is 10.1. The van der Waals surface area contributed by atoms with E-state index >= 15 is 0 Å². The van der Waals surface area contributed by atoms with Crippen molar-refractivity contribution in [2.45, 2.75) is 19.4 Å². The molecule has 1 unspecified atom stereocenters. The lowest BCUT2D eigenvalue weighted by Crippen LogP contribution is -2.22. The van der Waals surface area contributed by atoms with Gasteiger partial charge in [0.25, 0.3) is 0 Å². The summed E-state index contributed by atoms with van der Waals surface area (Å²) in [5, 5.41) is 4.30. The first-order valence-corrected chi connectivity index (χ1v) is 7.50. The highest BCUT2D eigenvalue weighted by molar-refractivity contribution is 7.16. The SMILES string of the molecule is CCNC(Cc1ccccc1Cl)c1ccc(Cl)s1. The summed E-state index contributed by atoms with van der Waals surface area (Å²) in [4.78, 5) is 1.25. The summed E-state index contributed by atoms with van der Waals surface area (Å²) in [5.41, 5.74) is 1.16. The molecular weight excluding hydrogens is 285 g/mol. The van der Waals surface area contributed by atoms with Gasteiger partial charge in [-0.15, -0.1) is 11.3 Å². The molecule has 18 heavy (non-hydrogen) atoms. The average molecular weight is 300 g/mol. The minimum atomic E-state index is 0.271. The van der Waals surface area contributed by atoms with E-state index in [1.807, 2.05) is 24.3 Å². The van der Waals surface area contributed by atoms with Crippen LogP contribution in [-0.2, 0) is 6.42 Å². The maximum atomic E-state index is 6.21. The molecule has 0 aliphatic rings. The van der Waals surface area contributed by atoms with E-state index in [0.717, 1.165) is 27.9 Å². The van der Waals surface area contributed by atoms with Crippen LogP contribution >= 0.6 is 34.5 Å². The fourth-order valence-corrected chi connectivity index (χ4v) is 3.27. The Balaban J connectivity index is 2.19. The molecule has 0 aliphatic heterocycles. The highest BCUT2D eigenvalue weighted by atomic mass is 35.5. The molecule has 0 radical (unpaired) electrons. The van der Waals surface area contributed by atoms with Crippen molar-refractivity contribution < 1.29 is 0 Å². The van der Waals surface area contributed by atoms with Crippen LogP contribution in [0.15, 0.2) is 36.4 Å². The molecule has 1 heterocycles. The highest BCUT2D eigenvalue weighted by Gasteiger charge is 2.14. The molecule has 0 fully saturated rings. The fraction of sp³-hybridized carbons (Fsp3) is 0.286. The third kappa shape index (κ3) is 3.48. The Morgan fingerprint density at radius 2 is 1.94 bits per heavy atom. The normalized spacial score (nSPS) is 12.6. The van der Waals surface area contributed by atoms with Crippen molar-refractivity contribution in [3.05, 3.63) is 56.2 Å². The summed E-state index contributed by atoms with van der Waals surface area (Å²) in [5.74, 6) is 0. The van der Waals surface area contributed by atoms with E-state index in [-0.39, 0.29) is 6.04 Å². The number of benzene rings is 1. The van der Waals surface area contributed by atoms with Crippen LogP contribution in [0.5, 0.6) is 0 Å². The van der Waals surface area contributed by atoms with Crippen molar-refractivity contribution in [1.82, 2.24) is 5.32 Å². The van der Waals surface area contributed by atoms with Crippen molar-refractivity contribution in [2.24, 2.45) is 0 Å². The molecule has 1 nitrogen and oxygen atoms in total. The Morgan fingerprint density at radius 1 is 1.17 bits per heavy atom. The van der Waals surface area contributed by atoms with Gasteiger partial charge >= 0.3 is 0 Å². The number of hydrogen-bond donors (Lipinski definition) is 1. The van der Waals surface area contributed by atoms with Crippen molar-refractivity contribution >= 4 is 34.5 Å². The topological polar surface area (TPSA) is 12.0 Å². The summed E-state index contributed by atoms with van der Waals surface area (Å²) in [6.45, 7) is 3.03. The monoisotopic (exact) mass is 299 g/mol. The minimum absolute atomic E-state index is 0.271. The number of hydrogen-bond acceptors (Lipinski definition) is 2. The fourth-order valence-electron chi connectivity index (χ4n) is 1.92. The predicted octanol–water partition coefficient (Wildman–Crippen LogP) is 4.95. The van der Waals surface area contributed by atoms with Crippen LogP contribution in [0, 0.1) is 0 Å². The Bertz CT molecular complexity index is 510. The maximum Gasteiger partial charge on any atom is 0.0931 e. The first-order chi connectivity index (χ1) is 8.70. The van der Waals surface area contributed by atoms with Crippen LogP contribution in [0.3, 0.4) is 0 Å². The number of thiophene rings is 1. The number of halogens is 2. The van der Waals surface area contributed by atoms with E-state index in [1.165, 1.54) is 4.88 Å². The second-order valence-electron chi connectivity index (χ2n) is 4.05. The van der Waals surface area contributed by atoms with Crippen molar-refractivity contribution in [3.8, 4) is 0 Å². The highest BCUT2D eigenvalue weighted by Crippen LogP contribution is 2.30. The summed E-state index contributed by atoms with van der Waals surface area (Å²) in [6, 6.07) is 12.3. The zero-order valence-corrected chi connectivity index (χ0v) is 12.4. The number of nitrogens with one attached hydrogen (secondary N) is 1.